The van der Waals surface area contributed by atoms with Crippen LogP contribution in [-0.2, 0) is 23.7 Å². The first kappa shape index (κ1) is 36.1. The lowest BCUT2D eigenvalue weighted by Crippen LogP contribution is -2.63. The van der Waals surface area contributed by atoms with Gasteiger partial charge in [0.25, 0.3) is 0 Å². The Labute approximate surface area is 283 Å². The molecule has 0 aromatic heterocycles. The molecule has 8 atom stereocenters. The van der Waals surface area contributed by atoms with Crippen molar-refractivity contribution >= 4 is 17.9 Å². The molecule has 1 aliphatic heterocycles. The molecule has 49 heavy (non-hydrogen) atoms. The molecular weight excluding hydrogens is 641 g/mol. The molecule has 11 heteroatoms. The van der Waals surface area contributed by atoms with Crippen LogP contribution in [0.5, 0.6) is 0 Å². The van der Waals surface area contributed by atoms with Gasteiger partial charge in [-0.3, -0.25) is 0 Å². The Balaban J connectivity index is 1.55. The fraction of sp³-hybridized carbons (Fsp3) is 0.447. The van der Waals surface area contributed by atoms with Gasteiger partial charge in [0.15, 0.2) is 18.5 Å². The highest BCUT2D eigenvalue weighted by Gasteiger charge is 2.62. The zero-order chi connectivity index (χ0) is 35.1. The minimum absolute atomic E-state index is 0.00597. The van der Waals surface area contributed by atoms with Gasteiger partial charge in [-0.1, -0.05) is 81.8 Å². The van der Waals surface area contributed by atoms with Crippen LogP contribution in [0.3, 0.4) is 0 Å². The van der Waals surface area contributed by atoms with E-state index in [2.05, 4.69) is 0 Å². The number of esters is 3. The highest BCUT2D eigenvalue weighted by molar-refractivity contribution is 5.91. The molecule has 2 aliphatic rings. The summed E-state index contributed by atoms with van der Waals surface area (Å²) >= 11 is 0. The molecule has 0 radical (unpaired) electrons. The van der Waals surface area contributed by atoms with Gasteiger partial charge in [-0.25, -0.2) is 14.4 Å². The van der Waals surface area contributed by atoms with E-state index in [1.54, 1.807) is 54.6 Å². The number of carbonyl (C=O) groups is 3. The average Bonchev–Trinajstić information content (AvgIpc) is 3.08. The molecule has 0 bridgehead atoms. The van der Waals surface area contributed by atoms with Crippen molar-refractivity contribution in [3.63, 3.8) is 0 Å². The number of ether oxygens (including phenoxy) is 5. The lowest BCUT2D eigenvalue weighted by Gasteiger charge is -2.48. The van der Waals surface area contributed by atoms with E-state index in [1.165, 1.54) is 36.4 Å². The van der Waals surface area contributed by atoms with Gasteiger partial charge in [-0.15, -0.1) is 0 Å². The monoisotopic (exact) mass is 682 g/mol. The van der Waals surface area contributed by atoms with Gasteiger partial charge in [0.1, 0.15) is 18.6 Å². The fourth-order valence-corrected chi connectivity index (χ4v) is 6.57. The van der Waals surface area contributed by atoms with Gasteiger partial charge in [0.2, 0.25) is 0 Å². The van der Waals surface area contributed by atoms with Crippen molar-refractivity contribution in [3.05, 3.63) is 108 Å². The van der Waals surface area contributed by atoms with Crippen molar-refractivity contribution in [2.75, 3.05) is 6.61 Å². The third kappa shape index (κ3) is 9.07. The van der Waals surface area contributed by atoms with Gasteiger partial charge in [0, 0.05) is 0 Å². The Bertz CT molecular complexity index is 1530. The van der Waals surface area contributed by atoms with E-state index in [0.717, 1.165) is 12.8 Å². The molecule has 3 aromatic rings. The van der Waals surface area contributed by atoms with Crippen molar-refractivity contribution in [3.8, 4) is 0 Å². The number of halogens is 3. The number of rotatable bonds is 10. The summed E-state index contributed by atoms with van der Waals surface area (Å²) in [5.74, 6) is -5.11. The molecule has 0 unspecified atom stereocenters. The molecule has 1 saturated carbocycles. The molecule has 3 aromatic carbocycles. The van der Waals surface area contributed by atoms with Crippen molar-refractivity contribution in [1.29, 1.82) is 0 Å². The molecular formula is C38H41F3O8. The van der Waals surface area contributed by atoms with Crippen LogP contribution in [0.1, 0.15) is 71.1 Å². The number of hydrogen-bond acceptors (Lipinski definition) is 8. The molecule has 0 spiro atoms. The SMILES string of the molecule is CC(C)[C@@H]1CC[C@@H](C)C[C@H]1O[C@@H]1O[C@H](COC(=O)c2ccccc2)[C@@H](OC(=O)c2ccccc2)[C@H](OC(=O)c2ccccc2)[C@@H]1C(F)(F)F. The molecule has 262 valence electrons. The first-order valence-electron chi connectivity index (χ1n) is 16.5. The molecule has 8 nitrogen and oxygen atoms in total. The second kappa shape index (κ2) is 16.0. The zero-order valence-corrected chi connectivity index (χ0v) is 27.6. The van der Waals surface area contributed by atoms with E-state index in [4.69, 9.17) is 23.7 Å². The summed E-state index contributed by atoms with van der Waals surface area (Å²) in [7, 11) is 0. The van der Waals surface area contributed by atoms with E-state index >= 15 is 13.2 Å². The normalized spacial score (nSPS) is 27.2. The van der Waals surface area contributed by atoms with Crippen LogP contribution < -0.4 is 0 Å². The Morgan fingerprint density at radius 3 is 1.73 bits per heavy atom. The Morgan fingerprint density at radius 1 is 0.755 bits per heavy atom. The van der Waals surface area contributed by atoms with Crippen LogP contribution in [-0.4, -0.2) is 61.4 Å². The summed E-state index contributed by atoms with van der Waals surface area (Å²) in [4.78, 5) is 39.8. The molecule has 0 amide bonds. The second-order valence-electron chi connectivity index (χ2n) is 13.0. The predicted octanol–water partition coefficient (Wildman–Crippen LogP) is 7.68. The van der Waals surface area contributed by atoms with Crippen LogP contribution in [0.4, 0.5) is 13.2 Å². The van der Waals surface area contributed by atoms with E-state index in [1.807, 2.05) is 20.8 Å². The summed E-state index contributed by atoms with van der Waals surface area (Å²) in [6.45, 7) is 5.38. The number of carbonyl (C=O) groups excluding carboxylic acids is 3. The summed E-state index contributed by atoms with van der Waals surface area (Å²) in [5, 5.41) is 0. The maximum atomic E-state index is 15.3. The lowest BCUT2D eigenvalue weighted by molar-refractivity contribution is -0.355. The Kier molecular flexibility index (Phi) is 11.8. The summed E-state index contributed by atoms with van der Waals surface area (Å²) in [5.41, 5.74) is 0.238. The van der Waals surface area contributed by atoms with Crippen LogP contribution in [0.15, 0.2) is 91.0 Å². The molecule has 0 N–H and O–H groups in total. The molecule has 1 heterocycles. The number of alkyl halides is 3. The lowest BCUT2D eigenvalue weighted by atomic mass is 9.75. The van der Waals surface area contributed by atoms with Crippen molar-refractivity contribution in [2.45, 2.75) is 76.9 Å². The first-order valence-corrected chi connectivity index (χ1v) is 16.5. The standard InChI is InChI=1S/C38H41F3O8/c1-23(2)28-20-19-24(3)21-29(28)46-37-31(38(39,40)41)33(49-36(44)27-17-11-6-12-18-27)32(48-35(43)26-15-9-5-10-16-26)30(47-37)22-45-34(42)25-13-7-4-8-14-25/h4-18,23-24,28-33,37H,19-22H2,1-3H3/t24-,28+,29-,30-,31+,32-,33-,37-/m1/s1. The van der Waals surface area contributed by atoms with Gasteiger partial charge < -0.3 is 23.7 Å². The van der Waals surface area contributed by atoms with Crippen LogP contribution in [0.25, 0.3) is 0 Å². The van der Waals surface area contributed by atoms with E-state index < -0.39 is 67.3 Å². The van der Waals surface area contributed by atoms with E-state index in [9.17, 15) is 14.4 Å². The smallest absolute Gasteiger partial charge is 0.400 e. The highest BCUT2D eigenvalue weighted by Crippen LogP contribution is 2.45. The minimum Gasteiger partial charge on any atom is -0.459 e. The third-order valence-electron chi connectivity index (χ3n) is 9.19. The molecule has 1 aliphatic carbocycles. The Hall–Kier alpha value is -4.22. The number of hydrogen-bond donors (Lipinski definition) is 0. The maximum absolute atomic E-state index is 15.3. The van der Waals surface area contributed by atoms with E-state index in [-0.39, 0.29) is 34.4 Å². The maximum Gasteiger partial charge on any atom is 0.400 e. The number of benzene rings is 3. The van der Waals surface area contributed by atoms with Crippen LogP contribution in [0.2, 0.25) is 0 Å². The molecule has 5 rings (SSSR count). The predicted molar refractivity (Wildman–Crippen MR) is 172 cm³/mol. The summed E-state index contributed by atoms with van der Waals surface area (Å²) in [6.07, 6.45) is -10.9. The third-order valence-corrected chi connectivity index (χ3v) is 9.19. The minimum atomic E-state index is -5.04. The Morgan fingerprint density at radius 2 is 1.24 bits per heavy atom. The van der Waals surface area contributed by atoms with Gasteiger partial charge in [-0.05, 0) is 67.0 Å². The largest absolute Gasteiger partial charge is 0.459 e. The second-order valence-corrected chi connectivity index (χ2v) is 13.0. The molecule has 1 saturated heterocycles. The van der Waals surface area contributed by atoms with Crippen molar-refractivity contribution in [2.24, 2.45) is 23.7 Å². The fourth-order valence-electron chi connectivity index (χ4n) is 6.57. The van der Waals surface area contributed by atoms with Crippen LogP contribution >= 0.6 is 0 Å². The van der Waals surface area contributed by atoms with E-state index in [0.29, 0.717) is 6.42 Å². The average molecular weight is 683 g/mol. The van der Waals surface area contributed by atoms with Crippen molar-refractivity contribution < 1.29 is 51.2 Å². The summed E-state index contributed by atoms with van der Waals surface area (Å²) in [6, 6.07) is 23.2. The topological polar surface area (TPSA) is 97.4 Å². The van der Waals surface area contributed by atoms with Crippen LogP contribution in [0, 0.1) is 23.7 Å². The van der Waals surface area contributed by atoms with Gasteiger partial charge in [0.05, 0.1) is 22.8 Å². The van der Waals surface area contributed by atoms with Gasteiger partial charge >= 0.3 is 24.1 Å². The zero-order valence-electron chi connectivity index (χ0n) is 27.6. The highest BCUT2D eigenvalue weighted by atomic mass is 19.4. The molecule has 2 fully saturated rings. The van der Waals surface area contributed by atoms with Gasteiger partial charge in [-0.2, -0.15) is 13.2 Å². The van der Waals surface area contributed by atoms with Crippen molar-refractivity contribution in [1.82, 2.24) is 0 Å². The quantitative estimate of drug-likeness (QED) is 0.159. The summed E-state index contributed by atoms with van der Waals surface area (Å²) < 4.78 is 75.2. The first-order chi connectivity index (χ1) is 23.4.